The molecule has 2 aromatic carbocycles. The fourth-order valence-electron chi connectivity index (χ4n) is 2.46. The highest BCUT2D eigenvalue weighted by atomic mass is 28.3. The maximum atomic E-state index is 12.2. The summed E-state index contributed by atoms with van der Waals surface area (Å²) in [6.07, 6.45) is 0.743. The maximum Gasteiger partial charge on any atom is 0.330 e. The number of benzene rings is 2. The molecule has 2 N–H and O–H groups in total. The number of carbonyl (C=O) groups is 2. The van der Waals surface area contributed by atoms with Crippen molar-refractivity contribution >= 4 is 30.6 Å². The molecule has 0 atom stereocenters. The van der Waals surface area contributed by atoms with E-state index in [1.807, 2.05) is 74.5 Å². The zero-order valence-corrected chi connectivity index (χ0v) is 14.5. The molecule has 23 heavy (non-hydrogen) atoms. The van der Waals surface area contributed by atoms with Crippen LogP contribution in [0, 0.1) is 0 Å². The summed E-state index contributed by atoms with van der Waals surface area (Å²) in [7, 11) is -2.91. The summed E-state index contributed by atoms with van der Waals surface area (Å²) in [5, 5.41) is 1.91. The number of carbonyl (C=O) groups excluding carboxylic acids is 2. The van der Waals surface area contributed by atoms with Gasteiger partial charge in [0.2, 0.25) is 11.8 Å². The standard InChI is InChI=1S/C18H22N2O2Si/c1-3-17(21)19-23(20-18(22)4-2,15-11-7-5-8-12-15)16-13-9-6-10-14-16/h5-14H,3-4H2,1-2H3,(H,19,21)(H,20,22). The van der Waals surface area contributed by atoms with Crippen molar-refractivity contribution in [2.45, 2.75) is 26.7 Å². The Bertz CT molecular complexity index is 600. The minimum absolute atomic E-state index is 0.0687. The van der Waals surface area contributed by atoms with Crippen molar-refractivity contribution in [3.8, 4) is 0 Å². The van der Waals surface area contributed by atoms with E-state index in [1.54, 1.807) is 0 Å². The van der Waals surface area contributed by atoms with Crippen LogP contribution >= 0.6 is 0 Å². The van der Waals surface area contributed by atoms with Gasteiger partial charge in [-0.1, -0.05) is 74.5 Å². The lowest BCUT2D eigenvalue weighted by atomic mass is 10.4. The summed E-state index contributed by atoms with van der Waals surface area (Å²) < 4.78 is 0. The van der Waals surface area contributed by atoms with Crippen molar-refractivity contribution in [1.29, 1.82) is 0 Å². The first-order valence-electron chi connectivity index (χ1n) is 7.85. The molecular formula is C18H22N2O2Si. The van der Waals surface area contributed by atoms with Gasteiger partial charge < -0.3 is 9.96 Å². The van der Waals surface area contributed by atoms with Gasteiger partial charge in [-0.25, -0.2) is 0 Å². The van der Waals surface area contributed by atoms with Crippen LogP contribution in [0.3, 0.4) is 0 Å². The van der Waals surface area contributed by atoms with Gasteiger partial charge in [0.25, 0.3) is 0 Å². The lowest BCUT2D eigenvalue weighted by Crippen LogP contribution is -2.79. The Hall–Kier alpha value is -2.40. The fourth-order valence-corrected chi connectivity index (χ4v) is 6.01. The number of hydrogen-bond donors (Lipinski definition) is 2. The first-order valence-corrected chi connectivity index (χ1v) is 9.85. The van der Waals surface area contributed by atoms with Crippen LogP contribution in [0.4, 0.5) is 0 Å². The van der Waals surface area contributed by atoms with E-state index in [0.29, 0.717) is 12.8 Å². The van der Waals surface area contributed by atoms with Gasteiger partial charge in [0.1, 0.15) is 0 Å². The first kappa shape index (κ1) is 17.0. The van der Waals surface area contributed by atoms with Gasteiger partial charge in [-0.15, -0.1) is 0 Å². The quantitative estimate of drug-likeness (QED) is 0.786. The summed E-state index contributed by atoms with van der Waals surface area (Å²) >= 11 is 0. The normalized spacial score (nSPS) is 10.9. The van der Waals surface area contributed by atoms with E-state index in [-0.39, 0.29) is 11.8 Å². The van der Waals surface area contributed by atoms with Gasteiger partial charge in [0, 0.05) is 12.8 Å². The molecule has 0 heterocycles. The highest BCUT2D eigenvalue weighted by molar-refractivity contribution is 7.01. The van der Waals surface area contributed by atoms with Crippen LogP contribution in [-0.2, 0) is 9.59 Å². The largest absolute Gasteiger partial charge is 0.358 e. The number of amides is 2. The van der Waals surface area contributed by atoms with Crippen molar-refractivity contribution in [2.24, 2.45) is 0 Å². The second kappa shape index (κ2) is 7.74. The summed E-state index contributed by atoms with van der Waals surface area (Å²) in [6.45, 7) is 3.62. The predicted molar refractivity (Wildman–Crippen MR) is 94.8 cm³/mol. The van der Waals surface area contributed by atoms with E-state index in [9.17, 15) is 9.59 Å². The second-order valence-electron chi connectivity index (χ2n) is 5.29. The zero-order chi connectivity index (χ0) is 16.7. The first-order chi connectivity index (χ1) is 11.1. The Morgan fingerprint density at radius 1 is 0.739 bits per heavy atom. The topological polar surface area (TPSA) is 58.2 Å². The molecule has 2 aromatic rings. The van der Waals surface area contributed by atoms with E-state index in [0.717, 1.165) is 10.4 Å². The average molecular weight is 326 g/mol. The predicted octanol–water partition coefficient (Wildman–Crippen LogP) is 1.30. The lowest BCUT2D eigenvalue weighted by molar-refractivity contribution is -0.119. The summed E-state index contributed by atoms with van der Waals surface area (Å²) in [4.78, 5) is 30.7. The molecule has 0 spiro atoms. The van der Waals surface area contributed by atoms with E-state index in [2.05, 4.69) is 9.96 Å². The Kier molecular flexibility index (Phi) is 5.70. The summed E-state index contributed by atoms with van der Waals surface area (Å²) in [5.74, 6) is -0.137. The molecule has 2 rings (SSSR count). The van der Waals surface area contributed by atoms with Crippen LogP contribution in [0.25, 0.3) is 0 Å². The van der Waals surface area contributed by atoms with Crippen molar-refractivity contribution in [2.75, 3.05) is 0 Å². The van der Waals surface area contributed by atoms with Crippen molar-refractivity contribution in [1.82, 2.24) is 9.96 Å². The third-order valence-corrected chi connectivity index (χ3v) is 7.42. The second-order valence-corrected chi connectivity index (χ2v) is 8.44. The van der Waals surface area contributed by atoms with Crippen LogP contribution < -0.4 is 20.3 Å². The molecule has 0 fully saturated rings. The Morgan fingerprint density at radius 2 is 1.09 bits per heavy atom. The molecule has 120 valence electrons. The molecule has 0 aliphatic carbocycles. The summed E-state index contributed by atoms with van der Waals surface area (Å²) in [5.41, 5.74) is 0. The molecule has 5 heteroatoms. The molecule has 0 unspecified atom stereocenters. The van der Waals surface area contributed by atoms with Crippen molar-refractivity contribution in [3.63, 3.8) is 0 Å². The van der Waals surface area contributed by atoms with E-state index >= 15 is 0 Å². The zero-order valence-electron chi connectivity index (χ0n) is 13.5. The molecule has 0 saturated heterocycles. The number of hydrogen-bond acceptors (Lipinski definition) is 2. The Balaban J connectivity index is 2.62. The van der Waals surface area contributed by atoms with Gasteiger partial charge in [-0.05, 0) is 10.4 Å². The third kappa shape index (κ3) is 3.87. The molecule has 4 nitrogen and oxygen atoms in total. The molecule has 0 aromatic heterocycles. The molecule has 0 aliphatic heterocycles. The molecule has 0 bridgehead atoms. The van der Waals surface area contributed by atoms with E-state index in [4.69, 9.17) is 0 Å². The van der Waals surface area contributed by atoms with Gasteiger partial charge in [-0.2, -0.15) is 0 Å². The molecule has 0 aliphatic rings. The van der Waals surface area contributed by atoms with E-state index < -0.39 is 8.40 Å². The number of nitrogens with one attached hydrogen (secondary N) is 2. The van der Waals surface area contributed by atoms with Crippen LogP contribution in [0.2, 0.25) is 0 Å². The smallest absolute Gasteiger partial charge is 0.330 e. The summed E-state index contributed by atoms with van der Waals surface area (Å²) in [6, 6.07) is 19.4. The Labute approximate surface area is 138 Å². The molecule has 2 amide bonds. The minimum Gasteiger partial charge on any atom is -0.358 e. The van der Waals surface area contributed by atoms with Crippen LogP contribution in [-0.4, -0.2) is 20.2 Å². The SMILES string of the molecule is CCC(=O)N[Si](NC(=O)CC)(c1ccccc1)c1ccccc1. The fraction of sp³-hybridized carbons (Fsp3) is 0.222. The molecule has 0 saturated carbocycles. The molecular weight excluding hydrogens is 304 g/mol. The van der Waals surface area contributed by atoms with Crippen molar-refractivity contribution < 1.29 is 9.59 Å². The maximum absolute atomic E-state index is 12.2. The van der Waals surface area contributed by atoms with Gasteiger partial charge in [0.05, 0.1) is 0 Å². The Morgan fingerprint density at radius 3 is 1.39 bits per heavy atom. The highest BCUT2D eigenvalue weighted by Gasteiger charge is 2.41. The monoisotopic (exact) mass is 326 g/mol. The van der Waals surface area contributed by atoms with Crippen molar-refractivity contribution in [3.05, 3.63) is 60.7 Å². The van der Waals surface area contributed by atoms with Crippen LogP contribution in [0.1, 0.15) is 26.7 Å². The molecule has 0 radical (unpaired) electrons. The van der Waals surface area contributed by atoms with Gasteiger partial charge in [-0.3, -0.25) is 9.59 Å². The number of rotatable bonds is 6. The third-order valence-electron chi connectivity index (χ3n) is 3.71. The van der Waals surface area contributed by atoms with Crippen LogP contribution in [0.5, 0.6) is 0 Å². The van der Waals surface area contributed by atoms with Gasteiger partial charge >= 0.3 is 8.40 Å². The lowest BCUT2D eigenvalue weighted by Gasteiger charge is -2.33. The van der Waals surface area contributed by atoms with Gasteiger partial charge in [0.15, 0.2) is 0 Å². The highest BCUT2D eigenvalue weighted by Crippen LogP contribution is 2.02. The average Bonchev–Trinajstić information content (AvgIpc) is 2.62. The van der Waals surface area contributed by atoms with E-state index in [1.165, 1.54) is 0 Å². The minimum atomic E-state index is -2.91. The van der Waals surface area contributed by atoms with Crippen LogP contribution in [0.15, 0.2) is 60.7 Å².